The molecule has 8 nitrogen and oxygen atoms in total. The van der Waals surface area contributed by atoms with Gasteiger partial charge in [0, 0.05) is 35.9 Å². The summed E-state index contributed by atoms with van der Waals surface area (Å²) in [6.45, 7) is 1.11. The number of hydrogen-bond donors (Lipinski definition) is 1. The fourth-order valence-corrected chi connectivity index (χ4v) is 4.13. The molecule has 0 radical (unpaired) electrons. The summed E-state index contributed by atoms with van der Waals surface area (Å²) in [6.07, 6.45) is 3.41. The second kappa shape index (κ2) is 9.04. The third-order valence-electron chi connectivity index (χ3n) is 4.47. The summed E-state index contributed by atoms with van der Waals surface area (Å²) >= 11 is 1.32. The number of anilines is 1. The SMILES string of the molecule is CS(=O)(=O)c1ccc(Oc2cc(O[C@H]3CCOC3)cc(C(=O)Nc3nccs3)c2)cc1. The van der Waals surface area contributed by atoms with Crippen LogP contribution in [0.4, 0.5) is 5.13 Å². The van der Waals surface area contributed by atoms with Crippen LogP contribution in [-0.2, 0) is 14.6 Å². The van der Waals surface area contributed by atoms with E-state index in [0.717, 1.165) is 12.7 Å². The average molecular weight is 461 g/mol. The van der Waals surface area contributed by atoms with Crippen LogP contribution in [-0.4, -0.2) is 44.9 Å². The molecule has 4 rings (SSSR count). The zero-order chi connectivity index (χ0) is 21.8. The van der Waals surface area contributed by atoms with E-state index in [2.05, 4.69) is 10.3 Å². The van der Waals surface area contributed by atoms with Crippen LogP contribution in [0.1, 0.15) is 16.8 Å². The number of thiazole rings is 1. The molecule has 31 heavy (non-hydrogen) atoms. The number of nitrogens with zero attached hydrogens (tertiary/aromatic N) is 1. The molecule has 1 aliphatic heterocycles. The number of benzene rings is 2. The van der Waals surface area contributed by atoms with Crippen molar-refractivity contribution >= 4 is 32.2 Å². The van der Waals surface area contributed by atoms with Gasteiger partial charge in [0.25, 0.3) is 5.91 Å². The van der Waals surface area contributed by atoms with Gasteiger partial charge in [-0.05, 0) is 36.4 Å². The van der Waals surface area contributed by atoms with Crippen molar-refractivity contribution in [1.82, 2.24) is 4.98 Å². The Morgan fingerprint density at radius 2 is 1.94 bits per heavy atom. The quantitative estimate of drug-likeness (QED) is 0.572. The van der Waals surface area contributed by atoms with Crippen LogP contribution < -0.4 is 14.8 Å². The summed E-state index contributed by atoms with van der Waals surface area (Å²) in [5, 5.41) is 4.99. The fraction of sp³-hybridized carbons (Fsp3) is 0.238. The summed E-state index contributed by atoms with van der Waals surface area (Å²) in [5.41, 5.74) is 0.342. The van der Waals surface area contributed by atoms with E-state index in [-0.39, 0.29) is 16.9 Å². The van der Waals surface area contributed by atoms with Crippen LogP contribution >= 0.6 is 11.3 Å². The Labute approximate surface area is 183 Å². The molecule has 1 fully saturated rings. The van der Waals surface area contributed by atoms with Gasteiger partial charge in [-0.3, -0.25) is 10.1 Å². The highest BCUT2D eigenvalue weighted by molar-refractivity contribution is 7.90. The molecule has 0 aliphatic carbocycles. The van der Waals surface area contributed by atoms with Gasteiger partial charge < -0.3 is 14.2 Å². The number of ether oxygens (including phenoxy) is 3. The van der Waals surface area contributed by atoms with Crippen molar-refractivity contribution in [2.24, 2.45) is 0 Å². The minimum atomic E-state index is -3.30. The molecule has 0 spiro atoms. The molecule has 0 saturated carbocycles. The van der Waals surface area contributed by atoms with Crippen molar-refractivity contribution in [3.8, 4) is 17.2 Å². The van der Waals surface area contributed by atoms with Crippen molar-refractivity contribution in [2.75, 3.05) is 24.8 Å². The zero-order valence-corrected chi connectivity index (χ0v) is 18.2. The lowest BCUT2D eigenvalue weighted by Crippen LogP contribution is -2.17. The van der Waals surface area contributed by atoms with E-state index in [4.69, 9.17) is 14.2 Å². The molecule has 2 aromatic carbocycles. The summed E-state index contributed by atoms with van der Waals surface area (Å²) in [7, 11) is -3.30. The lowest BCUT2D eigenvalue weighted by Gasteiger charge is -2.15. The largest absolute Gasteiger partial charge is 0.488 e. The number of carbonyl (C=O) groups excluding carboxylic acids is 1. The second-order valence-corrected chi connectivity index (χ2v) is 9.84. The van der Waals surface area contributed by atoms with E-state index in [1.54, 1.807) is 41.9 Å². The maximum absolute atomic E-state index is 12.7. The Morgan fingerprint density at radius 1 is 1.16 bits per heavy atom. The average Bonchev–Trinajstić information content (AvgIpc) is 3.42. The predicted molar refractivity (Wildman–Crippen MR) is 116 cm³/mol. The molecule has 1 aromatic heterocycles. The van der Waals surface area contributed by atoms with Crippen molar-refractivity contribution in [2.45, 2.75) is 17.4 Å². The summed E-state index contributed by atoms with van der Waals surface area (Å²) < 4.78 is 40.5. The zero-order valence-electron chi connectivity index (χ0n) is 16.6. The molecular weight excluding hydrogens is 440 g/mol. The van der Waals surface area contributed by atoms with Gasteiger partial charge in [0.15, 0.2) is 15.0 Å². The van der Waals surface area contributed by atoms with Crippen molar-refractivity contribution in [3.05, 3.63) is 59.6 Å². The van der Waals surface area contributed by atoms with Gasteiger partial charge in [0.1, 0.15) is 23.4 Å². The predicted octanol–water partition coefficient (Wildman–Crippen LogP) is 3.76. The molecule has 1 atom stereocenters. The Bertz CT molecular complexity index is 1160. The van der Waals surface area contributed by atoms with Gasteiger partial charge in [-0.1, -0.05) is 0 Å². The van der Waals surface area contributed by atoms with Crippen LogP contribution in [0, 0.1) is 0 Å². The molecule has 10 heteroatoms. The molecule has 162 valence electrons. The summed E-state index contributed by atoms with van der Waals surface area (Å²) in [4.78, 5) is 17.0. The summed E-state index contributed by atoms with van der Waals surface area (Å²) in [5.74, 6) is 0.943. The molecule has 1 aliphatic rings. The lowest BCUT2D eigenvalue weighted by molar-refractivity contribution is 0.102. The van der Waals surface area contributed by atoms with Crippen LogP contribution in [0.5, 0.6) is 17.2 Å². The maximum Gasteiger partial charge on any atom is 0.257 e. The number of nitrogens with one attached hydrogen (secondary N) is 1. The normalized spacial score (nSPS) is 16.1. The van der Waals surface area contributed by atoms with E-state index in [0.29, 0.717) is 41.2 Å². The minimum absolute atomic E-state index is 0.0980. The second-order valence-electron chi connectivity index (χ2n) is 6.93. The van der Waals surface area contributed by atoms with Crippen LogP contribution in [0.3, 0.4) is 0 Å². The molecule has 0 bridgehead atoms. The molecule has 1 amide bonds. The van der Waals surface area contributed by atoms with Gasteiger partial charge in [0.2, 0.25) is 0 Å². The van der Waals surface area contributed by atoms with Crippen LogP contribution in [0.25, 0.3) is 0 Å². The number of sulfone groups is 1. The number of carbonyl (C=O) groups is 1. The van der Waals surface area contributed by atoms with E-state index in [1.165, 1.54) is 23.5 Å². The molecule has 1 saturated heterocycles. The number of hydrogen-bond acceptors (Lipinski definition) is 8. The Hall–Kier alpha value is -2.95. The standard InChI is InChI=1S/C21H20N2O6S2/c1-31(25,26)19-4-2-15(3-5-19)28-17-10-14(20(24)23-21-22-7-9-30-21)11-18(12-17)29-16-6-8-27-13-16/h2-5,7,9-12,16H,6,8,13H2,1H3,(H,22,23,24)/t16-/m0/s1. The van der Waals surface area contributed by atoms with E-state index in [1.807, 2.05) is 0 Å². The van der Waals surface area contributed by atoms with Gasteiger partial charge in [0.05, 0.1) is 18.1 Å². The highest BCUT2D eigenvalue weighted by Crippen LogP contribution is 2.30. The minimum Gasteiger partial charge on any atom is -0.488 e. The molecule has 3 aromatic rings. The number of aromatic nitrogens is 1. The molecule has 0 unspecified atom stereocenters. The Balaban J connectivity index is 1.59. The first-order valence-corrected chi connectivity index (χ1v) is 12.2. The Morgan fingerprint density at radius 3 is 2.58 bits per heavy atom. The topological polar surface area (TPSA) is 104 Å². The first-order valence-electron chi connectivity index (χ1n) is 9.45. The first kappa shape index (κ1) is 21.3. The molecular formula is C21H20N2O6S2. The third-order valence-corrected chi connectivity index (χ3v) is 6.29. The number of amides is 1. The van der Waals surface area contributed by atoms with Crippen molar-refractivity contribution in [1.29, 1.82) is 0 Å². The first-order chi connectivity index (χ1) is 14.9. The van der Waals surface area contributed by atoms with Crippen LogP contribution in [0.2, 0.25) is 0 Å². The van der Waals surface area contributed by atoms with Gasteiger partial charge in [-0.25, -0.2) is 13.4 Å². The van der Waals surface area contributed by atoms with Gasteiger partial charge >= 0.3 is 0 Å². The van der Waals surface area contributed by atoms with Gasteiger partial charge in [-0.15, -0.1) is 11.3 Å². The van der Waals surface area contributed by atoms with E-state index in [9.17, 15) is 13.2 Å². The highest BCUT2D eigenvalue weighted by Gasteiger charge is 2.19. The van der Waals surface area contributed by atoms with E-state index >= 15 is 0 Å². The molecule has 2 heterocycles. The molecule has 1 N–H and O–H groups in total. The maximum atomic E-state index is 12.7. The highest BCUT2D eigenvalue weighted by atomic mass is 32.2. The fourth-order valence-electron chi connectivity index (χ4n) is 2.97. The third kappa shape index (κ3) is 5.60. The van der Waals surface area contributed by atoms with Crippen LogP contribution in [0.15, 0.2) is 58.9 Å². The van der Waals surface area contributed by atoms with Crippen molar-refractivity contribution in [3.63, 3.8) is 0 Å². The smallest absolute Gasteiger partial charge is 0.257 e. The number of rotatable bonds is 7. The van der Waals surface area contributed by atoms with Crippen molar-refractivity contribution < 1.29 is 27.4 Å². The summed E-state index contributed by atoms with van der Waals surface area (Å²) in [6, 6.07) is 11.0. The van der Waals surface area contributed by atoms with E-state index < -0.39 is 9.84 Å². The van der Waals surface area contributed by atoms with Gasteiger partial charge in [-0.2, -0.15) is 0 Å². The lowest BCUT2D eigenvalue weighted by atomic mass is 10.2. The monoisotopic (exact) mass is 460 g/mol. The Kier molecular flexibility index (Phi) is 6.21.